The minimum absolute atomic E-state index is 0.0893. The van der Waals surface area contributed by atoms with Gasteiger partial charge in [-0.25, -0.2) is 0 Å². The number of hydrogen-bond donors (Lipinski definition) is 0. The maximum atomic E-state index is 13.2. The van der Waals surface area contributed by atoms with Crippen LogP contribution < -0.4 is 4.74 Å². The van der Waals surface area contributed by atoms with Crippen LogP contribution in [0.25, 0.3) is 0 Å². The van der Waals surface area contributed by atoms with Crippen molar-refractivity contribution >= 4 is 21.8 Å². The third kappa shape index (κ3) is 3.36. The monoisotopic (exact) mass is 390 g/mol. The molecule has 1 amide bonds. The van der Waals surface area contributed by atoms with Crippen molar-refractivity contribution in [2.24, 2.45) is 7.05 Å². The van der Waals surface area contributed by atoms with Gasteiger partial charge in [-0.15, -0.1) is 0 Å². The fourth-order valence-corrected chi connectivity index (χ4v) is 3.99. The van der Waals surface area contributed by atoms with Gasteiger partial charge in [0.05, 0.1) is 17.6 Å². The molecule has 0 bridgehead atoms. The van der Waals surface area contributed by atoms with E-state index in [0.29, 0.717) is 5.56 Å². The average molecular weight is 391 g/mol. The molecular formula is C19H23BrN2O2. The Morgan fingerprint density at radius 2 is 2.08 bits per heavy atom. The van der Waals surface area contributed by atoms with Crippen molar-refractivity contribution in [2.45, 2.75) is 31.7 Å². The minimum Gasteiger partial charge on any atom is -0.496 e. The second-order valence-electron chi connectivity index (χ2n) is 6.26. The van der Waals surface area contributed by atoms with Gasteiger partial charge in [-0.3, -0.25) is 4.79 Å². The first kappa shape index (κ1) is 17.1. The maximum absolute atomic E-state index is 13.2. The third-order valence-electron chi connectivity index (χ3n) is 4.74. The molecule has 1 aliphatic rings. The van der Waals surface area contributed by atoms with Gasteiger partial charge in [0, 0.05) is 31.0 Å². The lowest BCUT2D eigenvalue weighted by Crippen LogP contribution is -2.35. The summed E-state index contributed by atoms with van der Waals surface area (Å²) in [5.41, 5.74) is 1.90. The van der Waals surface area contributed by atoms with E-state index in [1.807, 2.05) is 42.4 Å². The Bertz CT molecular complexity index is 726. The van der Waals surface area contributed by atoms with Gasteiger partial charge in [-0.2, -0.15) is 0 Å². The molecule has 1 atom stereocenters. The molecule has 0 saturated carbocycles. The summed E-state index contributed by atoms with van der Waals surface area (Å²) < 4.78 is 8.20. The first-order valence-corrected chi connectivity index (χ1v) is 9.17. The number of amides is 1. The summed E-state index contributed by atoms with van der Waals surface area (Å²) in [4.78, 5) is 15.2. The van der Waals surface area contributed by atoms with Crippen molar-refractivity contribution in [2.75, 3.05) is 13.7 Å². The van der Waals surface area contributed by atoms with E-state index in [1.165, 1.54) is 12.1 Å². The van der Waals surface area contributed by atoms with Gasteiger partial charge in [0.15, 0.2) is 0 Å². The molecular weight excluding hydrogens is 368 g/mol. The summed E-state index contributed by atoms with van der Waals surface area (Å²) in [5, 5.41) is 0. The van der Waals surface area contributed by atoms with Crippen LogP contribution in [0, 0.1) is 0 Å². The van der Waals surface area contributed by atoms with E-state index >= 15 is 0 Å². The lowest BCUT2D eigenvalue weighted by Gasteiger charge is -2.31. The van der Waals surface area contributed by atoms with Gasteiger partial charge in [0.1, 0.15) is 5.75 Å². The average Bonchev–Trinajstić information content (AvgIpc) is 2.86. The van der Waals surface area contributed by atoms with Crippen LogP contribution in [0.2, 0.25) is 0 Å². The van der Waals surface area contributed by atoms with Crippen molar-refractivity contribution in [3.8, 4) is 5.75 Å². The standard InChI is InChI=1S/C19H23BrN2O2/c1-21-11-6-8-16(21)17-7-4-3-5-12-22(17)19(23)14-9-10-18(24-2)15(20)13-14/h6,8-11,13,17H,3-5,7,12H2,1-2H3. The zero-order chi connectivity index (χ0) is 17.1. The zero-order valence-electron chi connectivity index (χ0n) is 14.2. The number of likely N-dealkylation sites (tertiary alicyclic amines) is 1. The molecule has 1 aromatic carbocycles. The number of nitrogens with zero attached hydrogens (tertiary/aromatic N) is 2. The van der Waals surface area contributed by atoms with Crippen LogP contribution in [0.3, 0.4) is 0 Å². The van der Waals surface area contributed by atoms with Gasteiger partial charge < -0.3 is 14.2 Å². The molecule has 1 fully saturated rings. The van der Waals surface area contributed by atoms with E-state index in [0.717, 1.165) is 36.0 Å². The van der Waals surface area contributed by atoms with Crippen LogP contribution in [0.15, 0.2) is 41.0 Å². The van der Waals surface area contributed by atoms with Gasteiger partial charge in [0.2, 0.25) is 0 Å². The van der Waals surface area contributed by atoms with E-state index in [1.54, 1.807) is 7.11 Å². The number of rotatable bonds is 3. The largest absolute Gasteiger partial charge is 0.496 e. The van der Waals surface area contributed by atoms with Crippen LogP contribution in [0.4, 0.5) is 0 Å². The normalized spacial score (nSPS) is 18.3. The van der Waals surface area contributed by atoms with Crippen molar-refractivity contribution in [3.63, 3.8) is 0 Å². The Hall–Kier alpha value is -1.75. The van der Waals surface area contributed by atoms with E-state index in [4.69, 9.17) is 4.74 Å². The lowest BCUT2D eigenvalue weighted by molar-refractivity contribution is 0.0674. The summed E-state index contributed by atoms with van der Waals surface area (Å²) in [6.45, 7) is 0.804. The number of benzene rings is 1. The van der Waals surface area contributed by atoms with Crippen molar-refractivity contribution in [1.29, 1.82) is 0 Å². The smallest absolute Gasteiger partial charge is 0.254 e. The summed E-state index contributed by atoms with van der Waals surface area (Å²) >= 11 is 3.48. The fraction of sp³-hybridized carbons (Fsp3) is 0.421. The Kier molecular flexibility index (Phi) is 5.29. The van der Waals surface area contributed by atoms with E-state index in [9.17, 15) is 4.79 Å². The first-order chi connectivity index (χ1) is 11.6. The van der Waals surface area contributed by atoms with Crippen LogP contribution in [0.5, 0.6) is 5.75 Å². The number of aromatic nitrogens is 1. The fourth-order valence-electron chi connectivity index (χ4n) is 3.44. The number of carbonyl (C=O) groups excluding carboxylic acids is 1. The SMILES string of the molecule is COc1ccc(C(=O)N2CCCCCC2c2cccn2C)cc1Br. The van der Waals surface area contributed by atoms with E-state index < -0.39 is 0 Å². The third-order valence-corrected chi connectivity index (χ3v) is 5.36. The minimum atomic E-state index is 0.0893. The molecule has 24 heavy (non-hydrogen) atoms. The highest BCUT2D eigenvalue weighted by Crippen LogP contribution is 2.33. The van der Waals surface area contributed by atoms with E-state index in [2.05, 4.69) is 26.6 Å². The van der Waals surface area contributed by atoms with Crippen molar-refractivity contribution in [1.82, 2.24) is 9.47 Å². The van der Waals surface area contributed by atoms with Crippen LogP contribution in [-0.2, 0) is 7.05 Å². The second kappa shape index (κ2) is 7.43. The molecule has 1 aromatic heterocycles. The van der Waals surface area contributed by atoms with Gasteiger partial charge in [-0.1, -0.05) is 12.8 Å². The molecule has 5 heteroatoms. The molecule has 1 unspecified atom stereocenters. The molecule has 4 nitrogen and oxygen atoms in total. The highest BCUT2D eigenvalue weighted by atomic mass is 79.9. The second-order valence-corrected chi connectivity index (χ2v) is 7.11. The van der Waals surface area contributed by atoms with Crippen molar-refractivity contribution in [3.05, 3.63) is 52.3 Å². The number of methoxy groups -OCH3 is 1. The predicted octanol–water partition coefficient (Wildman–Crippen LogP) is 4.55. The summed E-state index contributed by atoms with van der Waals surface area (Å²) in [6, 6.07) is 9.85. The number of ether oxygens (including phenoxy) is 1. The Morgan fingerprint density at radius 1 is 1.25 bits per heavy atom. The van der Waals surface area contributed by atoms with Crippen LogP contribution >= 0.6 is 15.9 Å². The maximum Gasteiger partial charge on any atom is 0.254 e. The number of aryl methyl sites for hydroxylation is 1. The zero-order valence-corrected chi connectivity index (χ0v) is 15.8. The molecule has 2 aromatic rings. The number of hydrogen-bond acceptors (Lipinski definition) is 2. The van der Waals surface area contributed by atoms with Crippen LogP contribution in [0.1, 0.15) is 47.8 Å². The molecule has 0 aliphatic carbocycles. The van der Waals surface area contributed by atoms with E-state index in [-0.39, 0.29) is 11.9 Å². The summed E-state index contributed by atoms with van der Waals surface area (Å²) in [7, 11) is 3.68. The topological polar surface area (TPSA) is 34.5 Å². The number of carbonyl (C=O) groups is 1. The molecule has 3 rings (SSSR count). The molecule has 1 saturated heterocycles. The van der Waals surface area contributed by atoms with Gasteiger partial charge in [-0.05, 0) is 59.1 Å². The van der Waals surface area contributed by atoms with Crippen molar-refractivity contribution < 1.29 is 9.53 Å². The number of halogens is 1. The molecule has 2 heterocycles. The molecule has 0 radical (unpaired) electrons. The quantitative estimate of drug-likeness (QED) is 0.769. The van der Waals surface area contributed by atoms with Gasteiger partial charge in [0.25, 0.3) is 5.91 Å². The van der Waals surface area contributed by atoms with Gasteiger partial charge >= 0.3 is 0 Å². The molecule has 0 spiro atoms. The van der Waals surface area contributed by atoms with Crippen LogP contribution in [-0.4, -0.2) is 29.0 Å². The first-order valence-electron chi connectivity index (χ1n) is 8.37. The molecule has 128 valence electrons. The summed E-state index contributed by atoms with van der Waals surface area (Å²) in [6.07, 6.45) is 6.46. The Morgan fingerprint density at radius 3 is 2.75 bits per heavy atom. The Labute approximate surface area is 151 Å². The predicted molar refractivity (Wildman–Crippen MR) is 98.4 cm³/mol. The Balaban J connectivity index is 1.92. The lowest BCUT2D eigenvalue weighted by atomic mass is 10.1. The highest BCUT2D eigenvalue weighted by Gasteiger charge is 2.29. The summed E-state index contributed by atoms with van der Waals surface area (Å²) in [5.74, 6) is 0.827. The highest BCUT2D eigenvalue weighted by molar-refractivity contribution is 9.10. The molecule has 1 aliphatic heterocycles. The molecule has 0 N–H and O–H groups in total.